The van der Waals surface area contributed by atoms with E-state index in [0.717, 1.165) is 18.8 Å². The number of fused-ring (bicyclic) bond motifs is 1. The number of nitrogens with one attached hydrogen (secondary N) is 1. The molecule has 3 rings (SSSR count). The van der Waals surface area contributed by atoms with E-state index < -0.39 is 12.1 Å². The van der Waals surface area contributed by atoms with Gasteiger partial charge in [0, 0.05) is 19.0 Å². The van der Waals surface area contributed by atoms with E-state index in [1.165, 1.54) is 12.8 Å². The van der Waals surface area contributed by atoms with Crippen molar-refractivity contribution in [2.24, 2.45) is 11.8 Å². The predicted molar refractivity (Wildman–Crippen MR) is 76.1 cm³/mol. The Morgan fingerprint density at radius 2 is 2.05 bits per heavy atom. The van der Waals surface area contributed by atoms with Crippen molar-refractivity contribution < 1.29 is 13.2 Å². The standard InChI is InChI=1S/C15H23F3N4/c1-2-10-3-5-12(7-10)19-8-14-21-20-13-6-4-11(9-22(13)14)15(16,17)18/h10-12,19H,2-9H2,1H3/t10-,11-,12+/m1/s1. The fourth-order valence-corrected chi connectivity index (χ4v) is 3.65. The van der Waals surface area contributed by atoms with Gasteiger partial charge in [-0.25, -0.2) is 0 Å². The van der Waals surface area contributed by atoms with Crippen molar-refractivity contribution in [3.63, 3.8) is 0 Å². The van der Waals surface area contributed by atoms with Crippen molar-refractivity contribution in [2.45, 2.75) is 70.8 Å². The molecule has 0 spiro atoms. The molecule has 1 fully saturated rings. The van der Waals surface area contributed by atoms with Gasteiger partial charge in [0.25, 0.3) is 0 Å². The summed E-state index contributed by atoms with van der Waals surface area (Å²) in [6.45, 7) is 2.68. The van der Waals surface area contributed by atoms with Gasteiger partial charge in [0.15, 0.2) is 0 Å². The van der Waals surface area contributed by atoms with E-state index in [4.69, 9.17) is 0 Å². The summed E-state index contributed by atoms with van der Waals surface area (Å²) in [6.07, 6.45) is 1.09. The van der Waals surface area contributed by atoms with Gasteiger partial charge in [0.05, 0.1) is 12.5 Å². The van der Waals surface area contributed by atoms with Crippen LogP contribution in [0, 0.1) is 11.8 Å². The van der Waals surface area contributed by atoms with Crippen molar-refractivity contribution in [2.75, 3.05) is 0 Å². The zero-order valence-corrected chi connectivity index (χ0v) is 12.9. The van der Waals surface area contributed by atoms with Gasteiger partial charge in [-0.2, -0.15) is 13.2 Å². The molecule has 1 aliphatic carbocycles. The van der Waals surface area contributed by atoms with E-state index in [9.17, 15) is 13.2 Å². The van der Waals surface area contributed by atoms with Gasteiger partial charge in [0.2, 0.25) is 0 Å². The van der Waals surface area contributed by atoms with E-state index in [1.807, 2.05) is 0 Å². The Morgan fingerprint density at radius 1 is 1.23 bits per heavy atom. The van der Waals surface area contributed by atoms with Crippen molar-refractivity contribution >= 4 is 0 Å². The third-order valence-corrected chi connectivity index (χ3v) is 5.15. The Balaban J connectivity index is 1.61. The molecule has 1 aromatic rings. The number of aromatic nitrogens is 3. The lowest BCUT2D eigenvalue weighted by Gasteiger charge is -2.26. The number of alkyl halides is 3. The van der Waals surface area contributed by atoms with Gasteiger partial charge in [-0.05, 0) is 31.6 Å². The smallest absolute Gasteiger partial charge is 0.313 e. The van der Waals surface area contributed by atoms with Crippen molar-refractivity contribution in [3.05, 3.63) is 11.6 Å². The first-order valence-corrected chi connectivity index (χ1v) is 8.18. The van der Waals surface area contributed by atoms with Crippen molar-refractivity contribution in [3.8, 4) is 0 Å². The van der Waals surface area contributed by atoms with Crippen LogP contribution >= 0.6 is 0 Å². The second-order valence-electron chi connectivity index (χ2n) is 6.59. The Hall–Kier alpha value is -1.11. The number of rotatable bonds is 4. The minimum Gasteiger partial charge on any atom is -0.313 e. The Kier molecular flexibility index (Phi) is 4.43. The summed E-state index contributed by atoms with van der Waals surface area (Å²) >= 11 is 0. The van der Waals surface area contributed by atoms with Crippen LogP contribution in [0.1, 0.15) is 50.7 Å². The lowest BCUT2D eigenvalue weighted by atomic mass is 9.99. The molecule has 0 amide bonds. The molecule has 22 heavy (non-hydrogen) atoms. The van der Waals surface area contributed by atoms with Gasteiger partial charge in [-0.15, -0.1) is 10.2 Å². The first-order valence-electron chi connectivity index (χ1n) is 8.18. The summed E-state index contributed by atoms with van der Waals surface area (Å²) < 4.78 is 40.4. The maximum absolute atomic E-state index is 12.9. The molecule has 1 aromatic heterocycles. The van der Waals surface area contributed by atoms with Gasteiger partial charge in [0.1, 0.15) is 11.6 Å². The van der Waals surface area contributed by atoms with Crippen LogP contribution < -0.4 is 5.32 Å². The maximum Gasteiger partial charge on any atom is 0.393 e. The minimum absolute atomic E-state index is 0.0366. The Bertz CT molecular complexity index is 511. The number of aryl methyl sites for hydroxylation is 1. The zero-order chi connectivity index (χ0) is 15.7. The van der Waals surface area contributed by atoms with E-state index in [-0.39, 0.29) is 13.0 Å². The molecule has 0 aromatic carbocycles. The van der Waals surface area contributed by atoms with Crippen LogP contribution in [-0.2, 0) is 19.5 Å². The third-order valence-electron chi connectivity index (χ3n) is 5.15. The van der Waals surface area contributed by atoms with Crippen molar-refractivity contribution in [1.29, 1.82) is 0 Å². The lowest BCUT2D eigenvalue weighted by Crippen LogP contribution is -2.34. The Labute approximate surface area is 128 Å². The molecule has 1 saturated carbocycles. The normalized spacial score (nSPS) is 28.8. The topological polar surface area (TPSA) is 42.7 Å². The van der Waals surface area contributed by atoms with Gasteiger partial charge >= 0.3 is 6.18 Å². The van der Waals surface area contributed by atoms with Crippen LogP contribution in [0.5, 0.6) is 0 Å². The van der Waals surface area contributed by atoms with Crippen LogP contribution in [0.3, 0.4) is 0 Å². The summed E-state index contributed by atoms with van der Waals surface area (Å²) in [5, 5.41) is 11.6. The third kappa shape index (κ3) is 3.29. The minimum atomic E-state index is -4.13. The average Bonchev–Trinajstić information content (AvgIpc) is 3.10. The molecule has 2 heterocycles. The van der Waals surface area contributed by atoms with Crippen LogP contribution in [0.25, 0.3) is 0 Å². The van der Waals surface area contributed by atoms with Gasteiger partial charge in [-0.1, -0.05) is 13.3 Å². The molecule has 0 saturated heterocycles. The van der Waals surface area contributed by atoms with Gasteiger partial charge < -0.3 is 9.88 Å². The predicted octanol–water partition coefficient (Wildman–Crippen LogP) is 3.07. The van der Waals surface area contributed by atoms with Crippen molar-refractivity contribution in [1.82, 2.24) is 20.1 Å². The summed E-state index contributed by atoms with van der Waals surface area (Å²) in [5.41, 5.74) is 0. The summed E-state index contributed by atoms with van der Waals surface area (Å²) in [4.78, 5) is 0. The number of nitrogens with zero attached hydrogens (tertiary/aromatic N) is 3. The maximum atomic E-state index is 12.9. The molecule has 3 atom stereocenters. The monoisotopic (exact) mass is 316 g/mol. The fraction of sp³-hybridized carbons (Fsp3) is 0.867. The highest BCUT2D eigenvalue weighted by atomic mass is 19.4. The first-order chi connectivity index (χ1) is 10.5. The molecule has 0 radical (unpaired) electrons. The molecule has 7 heteroatoms. The molecular formula is C15H23F3N4. The molecule has 2 aliphatic rings. The molecule has 0 unspecified atom stereocenters. The largest absolute Gasteiger partial charge is 0.393 e. The number of hydrogen-bond donors (Lipinski definition) is 1. The highest BCUT2D eigenvalue weighted by Crippen LogP contribution is 2.34. The molecule has 124 valence electrons. The first kappa shape index (κ1) is 15.8. The van der Waals surface area contributed by atoms with E-state index in [0.29, 0.717) is 30.7 Å². The molecule has 1 aliphatic heterocycles. The van der Waals surface area contributed by atoms with Crippen LogP contribution in [0.4, 0.5) is 13.2 Å². The number of hydrogen-bond acceptors (Lipinski definition) is 3. The molecule has 1 N–H and O–H groups in total. The summed E-state index contributed by atoms with van der Waals surface area (Å²) in [5.74, 6) is 0.837. The van der Waals surface area contributed by atoms with Crippen LogP contribution in [0.15, 0.2) is 0 Å². The Morgan fingerprint density at radius 3 is 2.73 bits per heavy atom. The van der Waals surface area contributed by atoms with E-state index in [2.05, 4.69) is 22.4 Å². The second-order valence-corrected chi connectivity index (χ2v) is 6.59. The zero-order valence-electron chi connectivity index (χ0n) is 12.9. The van der Waals surface area contributed by atoms with E-state index >= 15 is 0 Å². The quantitative estimate of drug-likeness (QED) is 0.928. The molecular weight excluding hydrogens is 293 g/mol. The highest BCUT2D eigenvalue weighted by molar-refractivity contribution is 5.01. The SMILES string of the molecule is CC[C@@H]1CC[C@H](NCc2nnc3n2C[C@H](C(F)(F)F)CC3)C1. The molecule has 0 bridgehead atoms. The van der Waals surface area contributed by atoms with Crippen LogP contribution in [-0.4, -0.2) is 27.0 Å². The van der Waals surface area contributed by atoms with Crippen LogP contribution in [0.2, 0.25) is 0 Å². The van der Waals surface area contributed by atoms with Gasteiger partial charge in [-0.3, -0.25) is 0 Å². The average molecular weight is 316 g/mol. The summed E-state index contributed by atoms with van der Waals surface area (Å²) in [7, 11) is 0. The lowest BCUT2D eigenvalue weighted by molar-refractivity contribution is -0.182. The molecule has 4 nitrogen and oxygen atoms in total. The van der Waals surface area contributed by atoms with E-state index in [1.54, 1.807) is 4.57 Å². The fourth-order valence-electron chi connectivity index (χ4n) is 3.65. The highest BCUT2D eigenvalue weighted by Gasteiger charge is 2.42. The summed E-state index contributed by atoms with van der Waals surface area (Å²) in [6, 6.07) is 0.458. The number of halogens is 3. The second kappa shape index (κ2) is 6.18.